The first-order valence-electron chi connectivity index (χ1n) is 6.36. The minimum Gasteiger partial charge on any atom is -0.377 e. The predicted molar refractivity (Wildman–Crippen MR) is 78.2 cm³/mol. The van der Waals surface area contributed by atoms with E-state index in [0.717, 1.165) is 41.7 Å². The summed E-state index contributed by atoms with van der Waals surface area (Å²) in [5.74, 6) is 0. The van der Waals surface area contributed by atoms with Gasteiger partial charge >= 0.3 is 0 Å². The molecule has 0 spiro atoms. The lowest BCUT2D eigenvalue weighted by molar-refractivity contribution is 0.265. The molecule has 102 valence electrons. The highest BCUT2D eigenvalue weighted by atomic mass is 32.1. The first kappa shape index (κ1) is 13.9. The van der Waals surface area contributed by atoms with Crippen LogP contribution in [0.3, 0.4) is 0 Å². The smallest absolute Gasteiger partial charge is 0.134 e. The van der Waals surface area contributed by atoms with Gasteiger partial charge in [-0.05, 0) is 25.6 Å². The summed E-state index contributed by atoms with van der Waals surface area (Å²) in [6.07, 6.45) is 0. The summed E-state index contributed by atoms with van der Waals surface area (Å²) in [4.78, 5) is 6.85. The van der Waals surface area contributed by atoms with Crippen LogP contribution in [0.5, 0.6) is 0 Å². The second-order valence-electron chi connectivity index (χ2n) is 4.37. The minimum absolute atomic E-state index is 0.790. The van der Waals surface area contributed by atoms with E-state index < -0.39 is 0 Å². The van der Waals surface area contributed by atoms with Crippen molar-refractivity contribution in [3.63, 3.8) is 0 Å². The third-order valence-corrected chi connectivity index (χ3v) is 3.72. The third kappa shape index (κ3) is 3.71. The van der Waals surface area contributed by atoms with Crippen LogP contribution in [-0.2, 0) is 13.1 Å². The second kappa shape index (κ2) is 6.58. The van der Waals surface area contributed by atoms with E-state index in [4.69, 9.17) is 0 Å². The summed E-state index contributed by atoms with van der Waals surface area (Å²) in [6, 6.07) is 6.13. The monoisotopic (exact) mass is 277 g/mol. The molecule has 0 amide bonds. The molecule has 2 aromatic rings. The van der Waals surface area contributed by atoms with Crippen LogP contribution >= 0.6 is 11.5 Å². The van der Waals surface area contributed by atoms with Gasteiger partial charge in [0.2, 0.25) is 0 Å². The van der Waals surface area contributed by atoms with E-state index in [-0.39, 0.29) is 0 Å². The lowest BCUT2D eigenvalue weighted by Gasteiger charge is -2.19. The molecule has 0 radical (unpaired) electrons. The first-order chi connectivity index (χ1) is 9.22. The number of hydrogen-bond donors (Lipinski definition) is 1. The maximum absolute atomic E-state index is 4.54. The molecule has 19 heavy (non-hydrogen) atoms. The number of nitrogens with zero attached hydrogens (tertiary/aromatic N) is 4. The first-order valence-corrected chi connectivity index (χ1v) is 7.14. The Balaban J connectivity index is 2.04. The quantitative estimate of drug-likeness (QED) is 0.878. The lowest BCUT2D eigenvalue weighted by atomic mass is 10.3. The zero-order chi connectivity index (χ0) is 13.7. The van der Waals surface area contributed by atoms with Crippen LogP contribution in [0.25, 0.3) is 0 Å². The summed E-state index contributed by atoms with van der Waals surface area (Å²) in [6.45, 7) is 6.74. The molecule has 0 aliphatic rings. The van der Waals surface area contributed by atoms with Crippen LogP contribution in [0, 0.1) is 6.92 Å². The molecule has 6 heteroatoms. The Bertz CT molecular complexity index is 525. The molecule has 1 N–H and O–H groups in total. The SMILES string of the molecule is CCN(Cc1cccc(C)n1)Cc1nnsc1NC. The van der Waals surface area contributed by atoms with Gasteiger partial charge in [0, 0.05) is 37.4 Å². The predicted octanol–water partition coefficient (Wildman–Crippen LogP) is 2.31. The zero-order valence-electron chi connectivity index (χ0n) is 11.6. The van der Waals surface area contributed by atoms with Crippen LogP contribution in [0.1, 0.15) is 24.0 Å². The van der Waals surface area contributed by atoms with E-state index in [0.29, 0.717) is 0 Å². The molecule has 0 aliphatic carbocycles. The summed E-state index contributed by atoms with van der Waals surface area (Å²) in [7, 11) is 1.90. The van der Waals surface area contributed by atoms with Crippen molar-refractivity contribution in [1.82, 2.24) is 19.5 Å². The average Bonchev–Trinajstić information content (AvgIpc) is 2.85. The van der Waals surface area contributed by atoms with Crippen molar-refractivity contribution >= 4 is 16.5 Å². The van der Waals surface area contributed by atoms with Gasteiger partial charge in [-0.3, -0.25) is 9.88 Å². The summed E-state index contributed by atoms with van der Waals surface area (Å²) in [5, 5.41) is 8.34. The molecule has 0 bridgehead atoms. The van der Waals surface area contributed by atoms with E-state index in [9.17, 15) is 0 Å². The van der Waals surface area contributed by atoms with Crippen LogP contribution in [0.2, 0.25) is 0 Å². The van der Waals surface area contributed by atoms with Gasteiger partial charge in [0.25, 0.3) is 0 Å². The van der Waals surface area contributed by atoms with Gasteiger partial charge in [0.1, 0.15) is 10.7 Å². The van der Waals surface area contributed by atoms with E-state index in [1.165, 1.54) is 11.5 Å². The van der Waals surface area contributed by atoms with Crippen molar-refractivity contribution in [3.8, 4) is 0 Å². The number of aryl methyl sites for hydroxylation is 1. The summed E-state index contributed by atoms with van der Waals surface area (Å²) < 4.78 is 3.99. The number of rotatable bonds is 6. The molecule has 5 nitrogen and oxygen atoms in total. The van der Waals surface area contributed by atoms with Crippen molar-refractivity contribution in [2.24, 2.45) is 0 Å². The Hall–Kier alpha value is -1.53. The fourth-order valence-electron chi connectivity index (χ4n) is 1.91. The van der Waals surface area contributed by atoms with Gasteiger partial charge in [-0.25, -0.2) is 0 Å². The fourth-order valence-corrected chi connectivity index (χ4v) is 2.43. The van der Waals surface area contributed by atoms with Gasteiger partial charge in [-0.2, -0.15) is 0 Å². The molecular weight excluding hydrogens is 258 g/mol. The van der Waals surface area contributed by atoms with Gasteiger partial charge in [0.05, 0.1) is 5.69 Å². The Morgan fingerprint density at radius 2 is 2.16 bits per heavy atom. The number of pyridine rings is 1. The Morgan fingerprint density at radius 3 is 2.84 bits per heavy atom. The highest BCUT2D eigenvalue weighted by Crippen LogP contribution is 2.19. The van der Waals surface area contributed by atoms with Gasteiger partial charge < -0.3 is 5.32 Å². The molecule has 0 fully saturated rings. The number of hydrogen-bond acceptors (Lipinski definition) is 6. The molecule has 0 unspecified atom stereocenters. The highest BCUT2D eigenvalue weighted by molar-refractivity contribution is 7.10. The van der Waals surface area contributed by atoms with Gasteiger partial charge in [-0.15, -0.1) is 5.10 Å². The van der Waals surface area contributed by atoms with Gasteiger partial charge in [-0.1, -0.05) is 17.5 Å². The zero-order valence-corrected chi connectivity index (χ0v) is 12.4. The Morgan fingerprint density at radius 1 is 1.32 bits per heavy atom. The lowest BCUT2D eigenvalue weighted by Crippen LogP contribution is -2.23. The molecule has 2 aromatic heterocycles. The highest BCUT2D eigenvalue weighted by Gasteiger charge is 2.12. The largest absolute Gasteiger partial charge is 0.377 e. The third-order valence-electron chi connectivity index (χ3n) is 2.94. The van der Waals surface area contributed by atoms with E-state index in [2.05, 4.69) is 43.8 Å². The Kier molecular flexibility index (Phi) is 4.81. The molecule has 0 saturated carbocycles. The van der Waals surface area contributed by atoms with E-state index >= 15 is 0 Å². The second-order valence-corrected chi connectivity index (χ2v) is 5.13. The normalized spacial score (nSPS) is 10.9. The molecule has 2 heterocycles. The average molecular weight is 277 g/mol. The summed E-state index contributed by atoms with van der Waals surface area (Å²) >= 11 is 1.40. The van der Waals surface area contributed by atoms with E-state index in [1.807, 2.05) is 20.0 Å². The molecule has 0 saturated heterocycles. The number of nitrogens with one attached hydrogen (secondary N) is 1. The topological polar surface area (TPSA) is 53.9 Å². The maximum Gasteiger partial charge on any atom is 0.134 e. The van der Waals surface area contributed by atoms with Crippen molar-refractivity contribution < 1.29 is 0 Å². The van der Waals surface area contributed by atoms with Crippen LogP contribution in [0.4, 0.5) is 5.00 Å². The number of aromatic nitrogens is 3. The van der Waals surface area contributed by atoms with Crippen molar-refractivity contribution in [2.45, 2.75) is 26.9 Å². The standard InChI is InChI=1S/C13H19N5S/c1-4-18(8-11-7-5-6-10(2)15-11)9-12-13(14-3)19-17-16-12/h5-7,14H,4,8-9H2,1-3H3. The molecule has 0 aromatic carbocycles. The maximum atomic E-state index is 4.54. The van der Waals surface area contributed by atoms with Crippen molar-refractivity contribution in [3.05, 3.63) is 35.3 Å². The van der Waals surface area contributed by atoms with E-state index in [1.54, 1.807) is 0 Å². The number of anilines is 1. The van der Waals surface area contributed by atoms with Gasteiger partial charge in [0.15, 0.2) is 0 Å². The summed E-state index contributed by atoms with van der Waals surface area (Å²) in [5.41, 5.74) is 3.15. The van der Waals surface area contributed by atoms with Crippen molar-refractivity contribution in [2.75, 3.05) is 18.9 Å². The molecular formula is C13H19N5S. The molecule has 0 atom stereocenters. The van der Waals surface area contributed by atoms with Crippen molar-refractivity contribution in [1.29, 1.82) is 0 Å². The van der Waals surface area contributed by atoms with Crippen LogP contribution in [0.15, 0.2) is 18.2 Å². The Labute approximate surface area is 117 Å². The fraction of sp³-hybridized carbons (Fsp3) is 0.462. The van der Waals surface area contributed by atoms with Crippen LogP contribution in [-0.4, -0.2) is 33.1 Å². The van der Waals surface area contributed by atoms with Crippen LogP contribution < -0.4 is 5.32 Å². The molecule has 2 rings (SSSR count). The minimum atomic E-state index is 0.790. The molecule has 0 aliphatic heterocycles.